The second-order valence-corrected chi connectivity index (χ2v) is 13.6. The molecule has 5 aromatic carbocycles. The fourth-order valence-corrected chi connectivity index (χ4v) is 7.31. The number of hydrogen-bond donors (Lipinski definition) is 2. The number of rotatable bonds is 7. The van der Waals surface area contributed by atoms with Gasteiger partial charge in [-0.05, 0) is 83.1 Å². The standard InChI is InChI=1S/C42H44N4O4/c1-45-21-7-14-39(44-40(47)24-30-16-18-32-9-3-5-11-34(32)23-30)42(49)46-27-36(26-37(46)28-50-38-13-6-12-35(25-38)41(45)48)43-20-19-29-15-17-31-8-2-4-10-33(31)22-29/h2-6,8-13,15-18,22-23,25,36-37,39,43H,7,14,19-21,24,26-28H2,1H3,(H,44,47)/t36-,37-,39-/m0/s1. The maximum Gasteiger partial charge on any atom is 0.253 e. The fraction of sp³-hybridized carbons (Fsp3) is 0.310. The summed E-state index contributed by atoms with van der Waals surface area (Å²) in [5.41, 5.74) is 2.72. The lowest BCUT2D eigenvalue weighted by molar-refractivity contribution is -0.137. The Morgan fingerprint density at radius 1 is 0.820 bits per heavy atom. The van der Waals surface area contributed by atoms with Crippen molar-refractivity contribution in [3.63, 3.8) is 0 Å². The van der Waals surface area contributed by atoms with Crippen LogP contribution in [0.25, 0.3) is 21.5 Å². The first-order valence-corrected chi connectivity index (χ1v) is 17.7. The number of ether oxygens (including phenoxy) is 1. The summed E-state index contributed by atoms with van der Waals surface area (Å²) in [6.45, 7) is 2.05. The molecule has 0 spiro atoms. The SMILES string of the molecule is CN1CCC[C@H](NC(=O)Cc2ccc3ccccc3c2)C(=O)N2C[C@@H](NCCc3ccc4ccccc4c3)C[C@H]2COc2cccc(c2)C1=O. The van der Waals surface area contributed by atoms with Crippen LogP contribution in [0.15, 0.2) is 109 Å². The summed E-state index contributed by atoms with van der Waals surface area (Å²) in [6.07, 6.45) is 2.76. The van der Waals surface area contributed by atoms with Gasteiger partial charge in [-0.25, -0.2) is 0 Å². The van der Waals surface area contributed by atoms with Crippen molar-refractivity contribution in [2.24, 2.45) is 0 Å². The highest BCUT2D eigenvalue weighted by Gasteiger charge is 2.39. The maximum atomic E-state index is 14.4. The van der Waals surface area contributed by atoms with Crippen LogP contribution < -0.4 is 15.4 Å². The molecule has 2 bridgehead atoms. The molecule has 3 atom stereocenters. The molecule has 2 aliphatic heterocycles. The third-order valence-corrected chi connectivity index (χ3v) is 10.0. The van der Waals surface area contributed by atoms with Crippen LogP contribution in [-0.2, 0) is 22.4 Å². The van der Waals surface area contributed by atoms with Crippen molar-refractivity contribution in [3.05, 3.63) is 126 Å². The summed E-state index contributed by atoms with van der Waals surface area (Å²) >= 11 is 0. The molecule has 0 aromatic heterocycles. The molecule has 0 saturated carbocycles. The average molecular weight is 669 g/mol. The molecule has 3 amide bonds. The molecule has 1 fully saturated rings. The van der Waals surface area contributed by atoms with Gasteiger partial charge in [-0.15, -0.1) is 0 Å². The zero-order chi connectivity index (χ0) is 34.5. The van der Waals surface area contributed by atoms with E-state index in [-0.39, 0.29) is 36.2 Å². The topological polar surface area (TPSA) is 91.0 Å². The van der Waals surface area contributed by atoms with Crippen molar-refractivity contribution >= 4 is 39.3 Å². The Bertz CT molecular complexity index is 2010. The van der Waals surface area contributed by atoms with Crippen LogP contribution >= 0.6 is 0 Å². The monoisotopic (exact) mass is 668 g/mol. The van der Waals surface area contributed by atoms with Crippen molar-refractivity contribution in [2.75, 3.05) is 33.3 Å². The molecule has 50 heavy (non-hydrogen) atoms. The van der Waals surface area contributed by atoms with Crippen LogP contribution in [0.1, 0.15) is 40.7 Å². The Balaban J connectivity index is 1.07. The van der Waals surface area contributed by atoms with Gasteiger partial charge in [0.1, 0.15) is 18.4 Å². The van der Waals surface area contributed by atoms with Gasteiger partial charge in [0, 0.05) is 31.7 Å². The molecule has 2 heterocycles. The Labute approximate surface area is 293 Å². The molecule has 0 aliphatic carbocycles. The number of carbonyl (C=O) groups is 3. The molecule has 1 saturated heterocycles. The largest absolute Gasteiger partial charge is 0.491 e. The number of nitrogens with one attached hydrogen (secondary N) is 2. The Morgan fingerprint density at radius 3 is 2.28 bits per heavy atom. The van der Waals surface area contributed by atoms with E-state index < -0.39 is 6.04 Å². The predicted molar refractivity (Wildman–Crippen MR) is 197 cm³/mol. The molecule has 2 N–H and O–H groups in total. The van der Waals surface area contributed by atoms with Gasteiger partial charge in [-0.2, -0.15) is 0 Å². The highest BCUT2D eigenvalue weighted by atomic mass is 16.5. The zero-order valence-corrected chi connectivity index (χ0v) is 28.5. The smallest absolute Gasteiger partial charge is 0.253 e. The van der Waals surface area contributed by atoms with Crippen LogP contribution in [0.4, 0.5) is 0 Å². The first kappa shape index (κ1) is 33.3. The van der Waals surface area contributed by atoms with Crippen molar-refractivity contribution in [3.8, 4) is 5.75 Å². The van der Waals surface area contributed by atoms with Gasteiger partial charge in [-0.1, -0.05) is 91.0 Å². The zero-order valence-electron chi connectivity index (χ0n) is 28.5. The molecule has 0 radical (unpaired) electrons. The van der Waals surface area contributed by atoms with E-state index in [1.54, 1.807) is 24.1 Å². The van der Waals surface area contributed by atoms with Gasteiger partial charge in [0.15, 0.2) is 0 Å². The Hall–Kier alpha value is -5.21. The van der Waals surface area contributed by atoms with Crippen molar-refractivity contribution in [1.29, 1.82) is 0 Å². The number of fused-ring (bicyclic) bond motifs is 5. The lowest BCUT2D eigenvalue weighted by atomic mass is 10.0. The molecule has 0 unspecified atom stereocenters. The Morgan fingerprint density at radius 2 is 1.52 bits per heavy atom. The lowest BCUT2D eigenvalue weighted by Gasteiger charge is -2.30. The quantitative estimate of drug-likeness (QED) is 0.230. The van der Waals surface area contributed by atoms with Gasteiger partial charge in [-0.3, -0.25) is 14.4 Å². The molecule has 8 heteroatoms. The minimum absolute atomic E-state index is 0.0803. The van der Waals surface area contributed by atoms with Gasteiger partial charge in [0.2, 0.25) is 11.8 Å². The average Bonchev–Trinajstić information content (AvgIpc) is 3.55. The third-order valence-electron chi connectivity index (χ3n) is 10.0. The van der Waals surface area contributed by atoms with Gasteiger partial charge >= 0.3 is 0 Å². The number of carbonyl (C=O) groups excluding carboxylic acids is 3. The van der Waals surface area contributed by atoms with E-state index in [0.29, 0.717) is 43.9 Å². The summed E-state index contributed by atoms with van der Waals surface area (Å²) < 4.78 is 6.25. The van der Waals surface area contributed by atoms with Crippen LogP contribution in [0.3, 0.4) is 0 Å². The number of benzene rings is 5. The molecule has 5 aromatic rings. The third kappa shape index (κ3) is 7.81. The minimum atomic E-state index is -0.717. The summed E-state index contributed by atoms with van der Waals surface area (Å²) in [4.78, 5) is 44.7. The van der Waals surface area contributed by atoms with Crippen LogP contribution in [0, 0.1) is 0 Å². The van der Waals surface area contributed by atoms with Crippen LogP contribution in [0.2, 0.25) is 0 Å². The first-order valence-electron chi connectivity index (χ1n) is 17.7. The number of hydrogen-bond acceptors (Lipinski definition) is 5. The molecular formula is C42H44N4O4. The summed E-state index contributed by atoms with van der Waals surface area (Å²) in [7, 11) is 1.77. The molecule has 2 aliphatic rings. The number of amides is 3. The highest BCUT2D eigenvalue weighted by Crippen LogP contribution is 2.24. The normalized spacial score (nSPS) is 20.0. The van der Waals surface area contributed by atoms with E-state index in [0.717, 1.165) is 35.7 Å². The molecule has 256 valence electrons. The van der Waals surface area contributed by atoms with E-state index in [4.69, 9.17) is 4.74 Å². The van der Waals surface area contributed by atoms with Crippen molar-refractivity contribution < 1.29 is 19.1 Å². The molecule has 8 nitrogen and oxygen atoms in total. The predicted octanol–water partition coefficient (Wildman–Crippen LogP) is 5.77. The molecular weight excluding hydrogens is 624 g/mol. The highest BCUT2D eigenvalue weighted by molar-refractivity contribution is 5.94. The van der Waals surface area contributed by atoms with Gasteiger partial charge < -0.3 is 25.2 Å². The van der Waals surface area contributed by atoms with Crippen molar-refractivity contribution in [2.45, 2.75) is 50.2 Å². The fourth-order valence-electron chi connectivity index (χ4n) is 7.31. The first-order chi connectivity index (χ1) is 24.4. The van der Waals surface area contributed by atoms with Gasteiger partial charge in [0.25, 0.3) is 5.91 Å². The van der Waals surface area contributed by atoms with E-state index in [2.05, 4.69) is 53.1 Å². The number of nitrogens with zero attached hydrogens (tertiary/aromatic N) is 2. The van der Waals surface area contributed by atoms with E-state index >= 15 is 0 Å². The minimum Gasteiger partial charge on any atom is -0.491 e. The maximum absolute atomic E-state index is 14.4. The molecule has 7 rings (SSSR count). The second-order valence-electron chi connectivity index (χ2n) is 13.6. The summed E-state index contributed by atoms with van der Waals surface area (Å²) in [5.74, 6) is 0.191. The Kier molecular flexibility index (Phi) is 10.1. The van der Waals surface area contributed by atoms with E-state index in [9.17, 15) is 14.4 Å². The second kappa shape index (κ2) is 15.1. The van der Waals surface area contributed by atoms with Crippen LogP contribution in [0.5, 0.6) is 5.75 Å². The van der Waals surface area contributed by atoms with E-state index in [1.165, 1.54) is 16.3 Å². The lowest BCUT2D eigenvalue weighted by Crippen LogP contribution is -2.52. The van der Waals surface area contributed by atoms with Gasteiger partial charge in [0.05, 0.1) is 12.5 Å². The van der Waals surface area contributed by atoms with E-state index in [1.807, 2.05) is 59.5 Å². The van der Waals surface area contributed by atoms with Crippen molar-refractivity contribution in [1.82, 2.24) is 20.4 Å². The van der Waals surface area contributed by atoms with Crippen LogP contribution in [-0.4, -0.2) is 78.9 Å². The summed E-state index contributed by atoms with van der Waals surface area (Å²) in [5, 5.41) is 11.4. The summed E-state index contributed by atoms with van der Waals surface area (Å²) in [6, 6.07) is 35.5.